The van der Waals surface area contributed by atoms with Crippen LogP contribution in [-0.4, -0.2) is 25.2 Å². The maximum atomic E-state index is 6.26. The number of aliphatic imine (C=N–C) groups is 1. The van der Waals surface area contributed by atoms with Crippen LogP contribution in [0.1, 0.15) is 50.2 Å². The Balaban J connectivity index is 1.61. The Kier molecular flexibility index (Phi) is 5.09. The fourth-order valence-corrected chi connectivity index (χ4v) is 3.18. The van der Waals surface area contributed by atoms with Gasteiger partial charge >= 0.3 is 0 Å². The van der Waals surface area contributed by atoms with E-state index < -0.39 is 0 Å². The zero-order valence-electron chi connectivity index (χ0n) is 14.6. The first kappa shape index (κ1) is 16.2. The summed E-state index contributed by atoms with van der Waals surface area (Å²) in [5.41, 5.74) is 2.45. The number of nitrogens with one attached hydrogen (secondary N) is 2. The van der Waals surface area contributed by atoms with Gasteiger partial charge in [-0.05, 0) is 56.6 Å². The van der Waals surface area contributed by atoms with Gasteiger partial charge in [0.05, 0.1) is 6.10 Å². The molecule has 2 atom stereocenters. The van der Waals surface area contributed by atoms with E-state index >= 15 is 0 Å². The molecule has 0 saturated heterocycles. The van der Waals surface area contributed by atoms with Gasteiger partial charge in [-0.15, -0.1) is 0 Å². The van der Waals surface area contributed by atoms with E-state index in [0.717, 1.165) is 24.2 Å². The summed E-state index contributed by atoms with van der Waals surface area (Å²) in [5.74, 6) is 2.67. The largest absolute Gasteiger partial charge is 0.490 e. The number of nitrogens with zero attached hydrogens (tertiary/aromatic N) is 1. The van der Waals surface area contributed by atoms with Crippen molar-refractivity contribution in [2.75, 3.05) is 7.05 Å². The van der Waals surface area contributed by atoms with E-state index in [1.165, 1.54) is 43.2 Å². The van der Waals surface area contributed by atoms with E-state index in [2.05, 4.69) is 47.7 Å². The summed E-state index contributed by atoms with van der Waals surface area (Å²) >= 11 is 0. The molecule has 126 valence electrons. The molecule has 1 aromatic carbocycles. The van der Waals surface area contributed by atoms with Gasteiger partial charge in [0, 0.05) is 25.2 Å². The molecule has 0 aromatic heterocycles. The summed E-state index contributed by atoms with van der Waals surface area (Å²) in [6.45, 7) is 5.12. The van der Waals surface area contributed by atoms with Crippen LogP contribution >= 0.6 is 0 Å². The Hall–Kier alpha value is -1.71. The molecule has 2 aliphatic rings. The Labute approximate surface area is 139 Å². The van der Waals surface area contributed by atoms with Crippen LogP contribution in [0.4, 0.5) is 0 Å². The highest BCUT2D eigenvalue weighted by molar-refractivity contribution is 5.80. The van der Waals surface area contributed by atoms with Gasteiger partial charge in [0.2, 0.25) is 0 Å². The van der Waals surface area contributed by atoms with Gasteiger partial charge in [-0.1, -0.05) is 19.1 Å². The number of ether oxygens (including phenoxy) is 1. The predicted molar refractivity (Wildman–Crippen MR) is 95.0 cm³/mol. The Bertz CT molecular complexity index is 564. The van der Waals surface area contributed by atoms with Crippen LogP contribution in [0.25, 0.3) is 0 Å². The van der Waals surface area contributed by atoms with E-state index in [1.54, 1.807) is 0 Å². The predicted octanol–water partition coefficient (Wildman–Crippen LogP) is 3.39. The van der Waals surface area contributed by atoms with Crippen LogP contribution in [0, 0.1) is 12.8 Å². The Morgan fingerprint density at radius 1 is 1.30 bits per heavy atom. The zero-order chi connectivity index (χ0) is 16.2. The molecule has 0 radical (unpaired) electrons. The van der Waals surface area contributed by atoms with E-state index in [0.29, 0.717) is 12.1 Å². The van der Waals surface area contributed by atoms with E-state index in [1.807, 2.05) is 7.05 Å². The SMILES string of the molecule is CN=C(NCc1ccc(C)cc1OC1CCCC1)NC1CC1C. The molecule has 0 bridgehead atoms. The molecular weight excluding hydrogens is 286 g/mol. The average Bonchev–Trinajstić information content (AvgIpc) is 2.99. The van der Waals surface area contributed by atoms with Crippen molar-refractivity contribution in [2.45, 2.75) is 64.6 Å². The van der Waals surface area contributed by atoms with Crippen molar-refractivity contribution in [3.8, 4) is 5.75 Å². The molecule has 1 aromatic rings. The topological polar surface area (TPSA) is 45.7 Å². The monoisotopic (exact) mass is 315 g/mol. The highest BCUT2D eigenvalue weighted by atomic mass is 16.5. The number of hydrogen-bond acceptors (Lipinski definition) is 2. The van der Waals surface area contributed by atoms with E-state index in [-0.39, 0.29) is 0 Å². The lowest BCUT2D eigenvalue weighted by molar-refractivity contribution is 0.207. The third kappa shape index (κ3) is 4.40. The summed E-state index contributed by atoms with van der Waals surface area (Å²) < 4.78 is 6.26. The first-order valence-corrected chi connectivity index (χ1v) is 8.89. The molecule has 2 N–H and O–H groups in total. The van der Waals surface area contributed by atoms with Crippen molar-refractivity contribution in [1.29, 1.82) is 0 Å². The van der Waals surface area contributed by atoms with Gasteiger partial charge in [-0.2, -0.15) is 0 Å². The van der Waals surface area contributed by atoms with Crippen molar-refractivity contribution in [2.24, 2.45) is 10.9 Å². The van der Waals surface area contributed by atoms with Gasteiger partial charge in [0.25, 0.3) is 0 Å². The molecule has 2 saturated carbocycles. The quantitative estimate of drug-likeness (QED) is 0.647. The highest BCUT2D eigenvalue weighted by Gasteiger charge is 2.33. The second-order valence-corrected chi connectivity index (χ2v) is 7.03. The molecule has 4 nitrogen and oxygen atoms in total. The maximum absolute atomic E-state index is 6.26. The second kappa shape index (κ2) is 7.24. The molecule has 2 aliphatic carbocycles. The first-order valence-electron chi connectivity index (χ1n) is 8.89. The molecule has 2 fully saturated rings. The van der Waals surface area contributed by atoms with E-state index in [4.69, 9.17) is 4.74 Å². The molecule has 0 amide bonds. The molecule has 4 heteroatoms. The summed E-state index contributed by atoms with van der Waals surface area (Å²) in [5, 5.41) is 6.88. The van der Waals surface area contributed by atoms with Crippen molar-refractivity contribution in [1.82, 2.24) is 10.6 Å². The van der Waals surface area contributed by atoms with Crippen molar-refractivity contribution < 1.29 is 4.74 Å². The minimum atomic E-state index is 0.389. The van der Waals surface area contributed by atoms with Gasteiger partial charge < -0.3 is 15.4 Å². The fraction of sp³-hybridized carbons (Fsp3) is 0.632. The molecule has 23 heavy (non-hydrogen) atoms. The molecule has 2 unspecified atom stereocenters. The lowest BCUT2D eigenvalue weighted by Crippen LogP contribution is -2.38. The fourth-order valence-electron chi connectivity index (χ4n) is 3.18. The van der Waals surface area contributed by atoms with Crippen LogP contribution in [0.2, 0.25) is 0 Å². The molecule has 0 heterocycles. The van der Waals surface area contributed by atoms with Crippen molar-refractivity contribution >= 4 is 5.96 Å². The number of benzene rings is 1. The maximum Gasteiger partial charge on any atom is 0.191 e. The van der Waals surface area contributed by atoms with Crippen molar-refractivity contribution in [3.05, 3.63) is 29.3 Å². The third-order valence-electron chi connectivity index (χ3n) is 4.92. The lowest BCUT2D eigenvalue weighted by Gasteiger charge is -2.18. The first-order chi connectivity index (χ1) is 11.2. The standard InChI is InChI=1S/C19H29N3O/c1-13-8-9-15(18(10-13)23-16-6-4-5-7-16)12-21-19(20-3)22-17-11-14(17)2/h8-10,14,16-17H,4-7,11-12H2,1-3H3,(H2,20,21,22). The lowest BCUT2D eigenvalue weighted by atomic mass is 10.1. The van der Waals surface area contributed by atoms with Gasteiger partial charge in [0.15, 0.2) is 5.96 Å². The minimum absolute atomic E-state index is 0.389. The van der Waals surface area contributed by atoms with Crippen LogP contribution in [0.15, 0.2) is 23.2 Å². The van der Waals surface area contributed by atoms with Crippen LogP contribution < -0.4 is 15.4 Å². The Morgan fingerprint density at radius 3 is 2.70 bits per heavy atom. The number of aryl methyl sites for hydroxylation is 1. The molecule has 0 spiro atoms. The smallest absolute Gasteiger partial charge is 0.191 e. The highest BCUT2D eigenvalue weighted by Crippen LogP contribution is 2.29. The third-order valence-corrected chi connectivity index (χ3v) is 4.92. The van der Waals surface area contributed by atoms with Crippen LogP contribution in [-0.2, 0) is 6.54 Å². The van der Waals surface area contributed by atoms with Crippen LogP contribution in [0.5, 0.6) is 5.75 Å². The summed E-state index contributed by atoms with van der Waals surface area (Å²) in [6, 6.07) is 7.06. The van der Waals surface area contributed by atoms with Gasteiger partial charge in [-0.3, -0.25) is 4.99 Å². The van der Waals surface area contributed by atoms with Gasteiger partial charge in [0.1, 0.15) is 5.75 Å². The summed E-state index contributed by atoms with van der Waals surface area (Å²) in [6.07, 6.45) is 6.58. The molecule has 0 aliphatic heterocycles. The second-order valence-electron chi connectivity index (χ2n) is 7.03. The minimum Gasteiger partial charge on any atom is -0.490 e. The number of hydrogen-bond donors (Lipinski definition) is 2. The summed E-state index contributed by atoms with van der Waals surface area (Å²) in [7, 11) is 1.83. The normalized spacial score (nSPS) is 24.6. The molecule has 3 rings (SSSR count). The number of guanidine groups is 1. The van der Waals surface area contributed by atoms with Crippen LogP contribution in [0.3, 0.4) is 0 Å². The number of rotatable bonds is 5. The average molecular weight is 315 g/mol. The Morgan fingerprint density at radius 2 is 2.04 bits per heavy atom. The van der Waals surface area contributed by atoms with E-state index in [9.17, 15) is 0 Å². The van der Waals surface area contributed by atoms with Gasteiger partial charge in [-0.25, -0.2) is 0 Å². The molecular formula is C19H29N3O. The van der Waals surface area contributed by atoms with Crippen molar-refractivity contribution in [3.63, 3.8) is 0 Å². The zero-order valence-corrected chi connectivity index (χ0v) is 14.6. The summed E-state index contributed by atoms with van der Waals surface area (Å²) in [4.78, 5) is 4.32.